The lowest BCUT2D eigenvalue weighted by Gasteiger charge is -2.03. The molecule has 88 valence electrons. The molecule has 0 heterocycles. The number of unbranched alkanes of at least 4 members (excludes halogenated alkanes) is 1. The molecule has 0 unspecified atom stereocenters. The maximum absolute atomic E-state index is 11.2. The number of hydrogen-bond donors (Lipinski definition) is 0. The zero-order valence-electron chi connectivity index (χ0n) is 10.5. The van der Waals surface area contributed by atoms with Crippen LogP contribution < -0.4 is 0 Å². The van der Waals surface area contributed by atoms with Crippen LogP contribution in [-0.2, 0) is 17.6 Å². The van der Waals surface area contributed by atoms with Crippen molar-refractivity contribution in [3.63, 3.8) is 0 Å². The number of benzene rings is 1. The number of carbonyl (C=O) groups is 1. The zero-order chi connectivity index (χ0) is 11.8. The van der Waals surface area contributed by atoms with Gasteiger partial charge in [-0.05, 0) is 30.4 Å². The normalized spacial score (nSPS) is 10.4. The van der Waals surface area contributed by atoms with E-state index in [9.17, 15) is 4.79 Å². The van der Waals surface area contributed by atoms with Gasteiger partial charge in [-0.25, -0.2) is 0 Å². The molecule has 0 N–H and O–H groups in total. The van der Waals surface area contributed by atoms with Crippen molar-refractivity contribution in [2.45, 2.75) is 52.4 Å². The molecule has 0 spiro atoms. The van der Waals surface area contributed by atoms with Crippen LogP contribution in [0.5, 0.6) is 0 Å². The quantitative estimate of drug-likeness (QED) is 0.677. The predicted octanol–water partition coefficient (Wildman–Crippen LogP) is 3.94. The van der Waals surface area contributed by atoms with Crippen LogP contribution in [0, 0.1) is 0 Å². The Morgan fingerprint density at radius 1 is 1.00 bits per heavy atom. The van der Waals surface area contributed by atoms with E-state index in [0.29, 0.717) is 18.6 Å². The van der Waals surface area contributed by atoms with E-state index in [4.69, 9.17) is 0 Å². The van der Waals surface area contributed by atoms with Gasteiger partial charge in [-0.2, -0.15) is 0 Å². The summed E-state index contributed by atoms with van der Waals surface area (Å²) < 4.78 is 0. The summed E-state index contributed by atoms with van der Waals surface area (Å²) in [5.41, 5.74) is 2.69. The molecule has 0 saturated carbocycles. The van der Waals surface area contributed by atoms with Crippen LogP contribution in [0.2, 0.25) is 0 Å². The van der Waals surface area contributed by atoms with Gasteiger partial charge in [-0.1, -0.05) is 44.5 Å². The fourth-order valence-electron chi connectivity index (χ4n) is 1.71. The van der Waals surface area contributed by atoms with E-state index in [1.165, 1.54) is 30.4 Å². The maximum atomic E-state index is 11.2. The Bertz CT molecular complexity index is 311. The summed E-state index contributed by atoms with van der Waals surface area (Å²) in [4.78, 5) is 11.2. The summed E-state index contributed by atoms with van der Waals surface area (Å²) in [5, 5.41) is 0. The Morgan fingerprint density at radius 2 is 1.56 bits per heavy atom. The number of carbonyl (C=O) groups excluding carboxylic acids is 1. The molecule has 1 nitrogen and oxygen atoms in total. The molecule has 1 aromatic rings. The molecule has 0 radical (unpaired) electrons. The first-order chi connectivity index (χ1) is 7.76. The minimum absolute atomic E-state index is 0.357. The molecule has 0 aliphatic heterocycles. The number of hydrogen-bond acceptors (Lipinski definition) is 1. The van der Waals surface area contributed by atoms with Crippen LogP contribution in [0.4, 0.5) is 0 Å². The standard InChI is InChI=1S/C15H22O/c1-3-5-6-13-7-9-14(10-8-13)11-12-15(16)4-2/h7-10H,3-6,11-12H2,1-2H3. The SMILES string of the molecule is CCCCc1ccc(CCC(=O)CC)cc1. The molecule has 0 fully saturated rings. The third-order valence-corrected chi connectivity index (χ3v) is 2.93. The molecular formula is C15H22O. The van der Waals surface area contributed by atoms with Gasteiger partial charge in [0.05, 0.1) is 0 Å². The van der Waals surface area contributed by atoms with Crippen molar-refractivity contribution in [3.8, 4) is 0 Å². The highest BCUT2D eigenvalue weighted by Crippen LogP contribution is 2.10. The molecule has 1 rings (SSSR count). The van der Waals surface area contributed by atoms with Gasteiger partial charge < -0.3 is 0 Å². The molecule has 0 aromatic heterocycles. The van der Waals surface area contributed by atoms with Crippen LogP contribution in [0.3, 0.4) is 0 Å². The zero-order valence-corrected chi connectivity index (χ0v) is 10.5. The summed E-state index contributed by atoms with van der Waals surface area (Å²) in [7, 11) is 0. The van der Waals surface area contributed by atoms with Gasteiger partial charge in [0.25, 0.3) is 0 Å². The molecule has 0 atom stereocenters. The van der Waals surface area contributed by atoms with Crippen LogP contribution in [0.15, 0.2) is 24.3 Å². The molecule has 0 bridgehead atoms. The number of aryl methyl sites for hydroxylation is 2. The number of rotatable bonds is 7. The Morgan fingerprint density at radius 3 is 2.06 bits per heavy atom. The van der Waals surface area contributed by atoms with E-state index >= 15 is 0 Å². The largest absolute Gasteiger partial charge is 0.300 e. The van der Waals surface area contributed by atoms with Crippen molar-refractivity contribution >= 4 is 5.78 Å². The summed E-state index contributed by atoms with van der Waals surface area (Å²) in [6, 6.07) is 8.71. The van der Waals surface area contributed by atoms with Gasteiger partial charge >= 0.3 is 0 Å². The Balaban J connectivity index is 2.41. The van der Waals surface area contributed by atoms with Gasteiger partial charge in [-0.3, -0.25) is 4.79 Å². The Labute approximate surface area is 98.9 Å². The monoisotopic (exact) mass is 218 g/mol. The molecule has 0 aliphatic carbocycles. The minimum atomic E-state index is 0.357. The first kappa shape index (κ1) is 13.0. The highest BCUT2D eigenvalue weighted by Gasteiger charge is 2.00. The van der Waals surface area contributed by atoms with Gasteiger partial charge in [0, 0.05) is 12.8 Å². The van der Waals surface area contributed by atoms with Crippen LogP contribution in [0.25, 0.3) is 0 Å². The molecule has 1 aromatic carbocycles. The average molecular weight is 218 g/mol. The van der Waals surface area contributed by atoms with Crippen LogP contribution in [0.1, 0.15) is 50.7 Å². The van der Waals surface area contributed by atoms with E-state index in [1.54, 1.807) is 0 Å². The Hall–Kier alpha value is -1.11. The van der Waals surface area contributed by atoms with E-state index in [-0.39, 0.29) is 0 Å². The first-order valence-corrected chi connectivity index (χ1v) is 6.35. The molecule has 1 heteroatoms. The average Bonchev–Trinajstić information content (AvgIpc) is 2.34. The summed E-state index contributed by atoms with van der Waals surface area (Å²) >= 11 is 0. The van der Waals surface area contributed by atoms with E-state index in [1.807, 2.05) is 6.92 Å². The fourth-order valence-corrected chi connectivity index (χ4v) is 1.71. The van der Waals surface area contributed by atoms with Crippen molar-refractivity contribution in [1.82, 2.24) is 0 Å². The summed E-state index contributed by atoms with van der Waals surface area (Å²) in [5.74, 6) is 0.357. The highest BCUT2D eigenvalue weighted by molar-refractivity contribution is 5.78. The van der Waals surface area contributed by atoms with Crippen LogP contribution >= 0.6 is 0 Å². The summed E-state index contributed by atoms with van der Waals surface area (Å²) in [6.45, 7) is 4.14. The second-order valence-corrected chi connectivity index (χ2v) is 4.31. The molecule has 0 saturated heterocycles. The van der Waals surface area contributed by atoms with E-state index < -0.39 is 0 Å². The van der Waals surface area contributed by atoms with Gasteiger partial charge in [0.2, 0.25) is 0 Å². The first-order valence-electron chi connectivity index (χ1n) is 6.35. The topological polar surface area (TPSA) is 17.1 Å². The third-order valence-electron chi connectivity index (χ3n) is 2.93. The maximum Gasteiger partial charge on any atom is 0.132 e. The number of ketones is 1. The second-order valence-electron chi connectivity index (χ2n) is 4.31. The lowest BCUT2D eigenvalue weighted by Crippen LogP contribution is -1.97. The molecular weight excluding hydrogens is 196 g/mol. The van der Waals surface area contributed by atoms with Gasteiger partial charge in [0.15, 0.2) is 0 Å². The van der Waals surface area contributed by atoms with Crippen LogP contribution in [-0.4, -0.2) is 5.78 Å². The summed E-state index contributed by atoms with van der Waals surface area (Å²) in [6.07, 6.45) is 5.91. The van der Waals surface area contributed by atoms with Gasteiger partial charge in [0.1, 0.15) is 5.78 Å². The molecule has 0 amide bonds. The van der Waals surface area contributed by atoms with Crippen molar-refractivity contribution in [3.05, 3.63) is 35.4 Å². The lowest BCUT2D eigenvalue weighted by atomic mass is 10.0. The highest BCUT2D eigenvalue weighted by atomic mass is 16.1. The van der Waals surface area contributed by atoms with Crippen molar-refractivity contribution in [2.75, 3.05) is 0 Å². The van der Waals surface area contributed by atoms with Crippen molar-refractivity contribution in [1.29, 1.82) is 0 Å². The predicted molar refractivity (Wildman–Crippen MR) is 68.7 cm³/mol. The van der Waals surface area contributed by atoms with Gasteiger partial charge in [-0.15, -0.1) is 0 Å². The number of Topliss-reactive ketones (excluding diaryl/α,β-unsaturated/α-hetero) is 1. The minimum Gasteiger partial charge on any atom is -0.300 e. The third kappa shape index (κ3) is 4.61. The smallest absolute Gasteiger partial charge is 0.132 e. The van der Waals surface area contributed by atoms with Crippen molar-refractivity contribution < 1.29 is 4.79 Å². The Kier molecular flexibility index (Phi) is 5.84. The second kappa shape index (κ2) is 7.21. The van der Waals surface area contributed by atoms with E-state index in [2.05, 4.69) is 31.2 Å². The lowest BCUT2D eigenvalue weighted by molar-refractivity contribution is -0.118. The fraction of sp³-hybridized carbons (Fsp3) is 0.533. The van der Waals surface area contributed by atoms with E-state index in [0.717, 1.165) is 6.42 Å². The van der Waals surface area contributed by atoms with Crippen molar-refractivity contribution in [2.24, 2.45) is 0 Å². The molecule has 16 heavy (non-hydrogen) atoms. The molecule has 0 aliphatic rings.